The molecule has 0 saturated heterocycles. The zero-order chi connectivity index (χ0) is 14.2. The molecule has 0 aromatic carbocycles. The minimum Gasteiger partial charge on any atom is -0.352 e. The molecule has 3 nitrogen and oxygen atoms in total. The lowest BCUT2D eigenvalue weighted by molar-refractivity contribution is -0.121. The third-order valence-corrected chi connectivity index (χ3v) is 5.03. The molecule has 0 bridgehead atoms. The predicted molar refractivity (Wildman–Crippen MR) is 83.7 cm³/mol. The van der Waals surface area contributed by atoms with Gasteiger partial charge in [-0.2, -0.15) is 0 Å². The highest BCUT2D eigenvalue weighted by molar-refractivity contribution is 5.78. The van der Waals surface area contributed by atoms with Crippen LogP contribution in [-0.2, 0) is 4.79 Å². The average Bonchev–Trinajstić information content (AvgIpc) is 2.79. The van der Waals surface area contributed by atoms with E-state index < -0.39 is 0 Å². The second-order valence-electron chi connectivity index (χ2n) is 6.95. The molecular weight excluding hydrogens is 248 g/mol. The van der Waals surface area contributed by atoms with Gasteiger partial charge in [0.15, 0.2) is 0 Å². The molecule has 1 amide bonds. The van der Waals surface area contributed by atoms with Crippen molar-refractivity contribution < 1.29 is 4.79 Å². The van der Waals surface area contributed by atoms with Crippen LogP contribution in [0, 0.1) is 5.92 Å². The van der Waals surface area contributed by atoms with Gasteiger partial charge in [-0.1, -0.05) is 45.4 Å². The van der Waals surface area contributed by atoms with E-state index in [1.54, 1.807) is 0 Å². The first kappa shape index (κ1) is 15.8. The second kappa shape index (κ2) is 8.66. The standard InChI is InChI=1S/C17H32N2O/c1-14-7-6-10-15(12-11-14)18-13-17(20)19-16-8-4-2-3-5-9-16/h14-16,18H,2-13H2,1H3,(H,19,20). The summed E-state index contributed by atoms with van der Waals surface area (Å²) in [5.41, 5.74) is 0. The molecule has 2 rings (SSSR count). The Bertz CT molecular complexity index is 285. The molecule has 0 radical (unpaired) electrons. The molecular formula is C17H32N2O. The molecule has 0 aromatic rings. The Hall–Kier alpha value is -0.570. The van der Waals surface area contributed by atoms with Gasteiger partial charge in [-0.15, -0.1) is 0 Å². The van der Waals surface area contributed by atoms with E-state index in [4.69, 9.17) is 0 Å². The Morgan fingerprint density at radius 1 is 0.850 bits per heavy atom. The van der Waals surface area contributed by atoms with Crippen molar-refractivity contribution in [2.75, 3.05) is 6.54 Å². The summed E-state index contributed by atoms with van der Waals surface area (Å²) in [6, 6.07) is 0.987. The summed E-state index contributed by atoms with van der Waals surface area (Å²) in [4.78, 5) is 12.0. The van der Waals surface area contributed by atoms with Crippen LogP contribution in [0.15, 0.2) is 0 Å². The van der Waals surface area contributed by atoms with Crippen molar-refractivity contribution in [2.24, 2.45) is 5.92 Å². The molecule has 2 unspecified atom stereocenters. The number of rotatable bonds is 4. The van der Waals surface area contributed by atoms with Crippen LogP contribution in [-0.4, -0.2) is 24.5 Å². The van der Waals surface area contributed by atoms with Crippen molar-refractivity contribution in [3.63, 3.8) is 0 Å². The maximum atomic E-state index is 12.0. The number of amides is 1. The van der Waals surface area contributed by atoms with Crippen molar-refractivity contribution >= 4 is 5.91 Å². The van der Waals surface area contributed by atoms with Crippen molar-refractivity contribution in [1.82, 2.24) is 10.6 Å². The highest BCUT2D eigenvalue weighted by Crippen LogP contribution is 2.22. The van der Waals surface area contributed by atoms with Crippen molar-refractivity contribution in [3.05, 3.63) is 0 Å². The fourth-order valence-electron chi connectivity index (χ4n) is 3.63. The number of hydrogen-bond acceptors (Lipinski definition) is 2. The van der Waals surface area contributed by atoms with E-state index in [9.17, 15) is 4.79 Å². The van der Waals surface area contributed by atoms with Gasteiger partial charge in [0.1, 0.15) is 0 Å². The zero-order valence-electron chi connectivity index (χ0n) is 13.1. The van der Waals surface area contributed by atoms with E-state index in [2.05, 4.69) is 17.6 Å². The SMILES string of the molecule is CC1CCCC(NCC(=O)NC2CCCCCC2)CC1. The molecule has 2 fully saturated rings. The lowest BCUT2D eigenvalue weighted by Gasteiger charge is -2.19. The fraction of sp³-hybridized carbons (Fsp3) is 0.941. The number of nitrogens with one attached hydrogen (secondary N) is 2. The Labute approximate surface area is 124 Å². The van der Waals surface area contributed by atoms with Gasteiger partial charge < -0.3 is 10.6 Å². The van der Waals surface area contributed by atoms with E-state index in [1.165, 1.54) is 70.6 Å². The normalized spacial score (nSPS) is 29.4. The van der Waals surface area contributed by atoms with Crippen LogP contribution in [0.1, 0.15) is 77.6 Å². The predicted octanol–water partition coefficient (Wildman–Crippen LogP) is 3.38. The minimum atomic E-state index is 0.203. The monoisotopic (exact) mass is 280 g/mol. The number of hydrogen-bond donors (Lipinski definition) is 2. The molecule has 116 valence electrons. The molecule has 2 aliphatic rings. The van der Waals surface area contributed by atoms with Crippen molar-refractivity contribution in [1.29, 1.82) is 0 Å². The highest BCUT2D eigenvalue weighted by Gasteiger charge is 2.18. The Balaban J connectivity index is 1.63. The van der Waals surface area contributed by atoms with Crippen LogP contribution in [0.2, 0.25) is 0 Å². The molecule has 2 aliphatic carbocycles. The maximum absolute atomic E-state index is 12.0. The molecule has 0 heterocycles. The van der Waals surface area contributed by atoms with E-state index >= 15 is 0 Å². The van der Waals surface area contributed by atoms with E-state index in [0.29, 0.717) is 18.6 Å². The highest BCUT2D eigenvalue weighted by atomic mass is 16.1. The summed E-state index contributed by atoms with van der Waals surface area (Å²) >= 11 is 0. The molecule has 3 heteroatoms. The van der Waals surface area contributed by atoms with Gasteiger partial charge in [0.2, 0.25) is 5.91 Å². The number of carbonyl (C=O) groups is 1. The van der Waals surface area contributed by atoms with Crippen molar-refractivity contribution in [3.8, 4) is 0 Å². The van der Waals surface area contributed by atoms with Gasteiger partial charge in [0.05, 0.1) is 6.54 Å². The van der Waals surface area contributed by atoms with Crippen molar-refractivity contribution in [2.45, 2.75) is 89.6 Å². The van der Waals surface area contributed by atoms with Crippen LogP contribution < -0.4 is 10.6 Å². The topological polar surface area (TPSA) is 41.1 Å². The maximum Gasteiger partial charge on any atom is 0.234 e. The Morgan fingerprint density at radius 2 is 1.55 bits per heavy atom. The van der Waals surface area contributed by atoms with Gasteiger partial charge in [-0.05, 0) is 38.0 Å². The molecule has 2 N–H and O–H groups in total. The Kier molecular flexibility index (Phi) is 6.85. The molecule has 0 spiro atoms. The smallest absolute Gasteiger partial charge is 0.234 e. The molecule has 0 aliphatic heterocycles. The third kappa shape index (κ3) is 5.82. The summed E-state index contributed by atoms with van der Waals surface area (Å²) in [5, 5.41) is 6.70. The molecule has 20 heavy (non-hydrogen) atoms. The summed E-state index contributed by atoms with van der Waals surface area (Å²) in [7, 11) is 0. The first-order valence-electron chi connectivity index (χ1n) is 8.77. The van der Waals surface area contributed by atoms with Crippen LogP contribution in [0.5, 0.6) is 0 Å². The summed E-state index contributed by atoms with van der Waals surface area (Å²) in [5.74, 6) is 1.07. The van der Waals surface area contributed by atoms with Crippen LogP contribution in [0.3, 0.4) is 0 Å². The number of carbonyl (C=O) groups excluding carboxylic acids is 1. The van der Waals surface area contributed by atoms with Gasteiger partial charge in [0.25, 0.3) is 0 Å². The quantitative estimate of drug-likeness (QED) is 0.775. The van der Waals surface area contributed by atoms with Gasteiger partial charge in [0, 0.05) is 12.1 Å². The summed E-state index contributed by atoms with van der Waals surface area (Å²) in [6.45, 7) is 2.86. The molecule has 0 aromatic heterocycles. The van der Waals surface area contributed by atoms with Crippen LogP contribution in [0.4, 0.5) is 0 Å². The van der Waals surface area contributed by atoms with E-state index in [1.807, 2.05) is 0 Å². The van der Waals surface area contributed by atoms with Crippen LogP contribution >= 0.6 is 0 Å². The third-order valence-electron chi connectivity index (χ3n) is 5.03. The summed E-state index contributed by atoms with van der Waals surface area (Å²) < 4.78 is 0. The summed E-state index contributed by atoms with van der Waals surface area (Å²) in [6.07, 6.45) is 14.0. The first-order chi connectivity index (χ1) is 9.74. The van der Waals surface area contributed by atoms with Gasteiger partial charge in [-0.25, -0.2) is 0 Å². The lowest BCUT2D eigenvalue weighted by Crippen LogP contribution is -2.43. The second-order valence-corrected chi connectivity index (χ2v) is 6.95. The largest absolute Gasteiger partial charge is 0.352 e. The van der Waals surface area contributed by atoms with Gasteiger partial charge in [-0.3, -0.25) is 4.79 Å². The first-order valence-corrected chi connectivity index (χ1v) is 8.77. The average molecular weight is 280 g/mol. The lowest BCUT2D eigenvalue weighted by atomic mass is 10.0. The Morgan fingerprint density at radius 3 is 2.30 bits per heavy atom. The van der Waals surface area contributed by atoms with E-state index in [-0.39, 0.29) is 5.91 Å². The van der Waals surface area contributed by atoms with Crippen LogP contribution in [0.25, 0.3) is 0 Å². The minimum absolute atomic E-state index is 0.203. The van der Waals surface area contributed by atoms with Gasteiger partial charge >= 0.3 is 0 Å². The molecule has 2 atom stereocenters. The van der Waals surface area contributed by atoms with E-state index in [0.717, 1.165) is 5.92 Å². The fourth-order valence-corrected chi connectivity index (χ4v) is 3.63. The zero-order valence-corrected chi connectivity index (χ0v) is 13.1. The molecule has 2 saturated carbocycles.